The molecule has 1 fully saturated rings. The average Bonchev–Trinajstić information content (AvgIpc) is 3.76. The Morgan fingerprint density at radius 3 is 1.77 bits per heavy atom. The van der Waals surface area contributed by atoms with Crippen molar-refractivity contribution in [2.75, 3.05) is 6.61 Å². The predicted molar refractivity (Wildman–Crippen MR) is 239 cm³/mol. The molecule has 1 aliphatic rings. The third kappa shape index (κ3) is 13.0. The van der Waals surface area contributed by atoms with E-state index in [2.05, 4.69) is 16.0 Å². The lowest BCUT2D eigenvalue weighted by Crippen LogP contribution is -2.50. The molecule has 316 valence electrons. The normalized spacial score (nSPS) is 14.8. The summed E-state index contributed by atoms with van der Waals surface area (Å²) in [5.41, 5.74) is 1.85. The molecule has 5 rings (SSSR count). The van der Waals surface area contributed by atoms with Crippen LogP contribution < -0.4 is 16.0 Å². The van der Waals surface area contributed by atoms with Gasteiger partial charge < -0.3 is 20.7 Å². The van der Waals surface area contributed by atoms with Gasteiger partial charge in [0.25, 0.3) is 5.24 Å². The molecule has 9 nitrogen and oxygen atoms in total. The topological polar surface area (TPSA) is 131 Å². The van der Waals surface area contributed by atoms with Crippen molar-refractivity contribution in [2.45, 2.75) is 102 Å². The Hall–Kier alpha value is -5.48. The van der Waals surface area contributed by atoms with Crippen molar-refractivity contribution < 1.29 is 28.7 Å². The summed E-state index contributed by atoms with van der Waals surface area (Å²) in [6.45, 7) is 7.61. The van der Waals surface area contributed by atoms with E-state index in [0.717, 1.165) is 47.9 Å². The molecule has 0 bridgehead atoms. The number of ketones is 1. The number of esters is 1. The second-order valence-electron chi connectivity index (χ2n) is 16.5. The van der Waals surface area contributed by atoms with Gasteiger partial charge in [-0.15, -0.1) is 0 Å². The molecular weight excluding hydrogens is 771 g/mol. The highest BCUT2D eigenvalue weighted by Gasteiger charge is 2.39. The van der Waals surface area contributed by atoms with Crippen molar-refractivity contribution in [2.24, 2.45) is 11.3 Å². The molecule has 0 radical (unpaired) electrons. The lowest BCUT2D eigenvalue weighted by molar-refractivity contribution is -0.137. The van der Waals surface area contributed by atoms with Crippen molar-refractivity contribution in [3.8, 4) is 0 Å². The molecule has 4 aromatic carbocycles. The summed E-state index contributed by atoms with van der Waals surface area (Å²) in [4.78, 5) is 68.6. The minimum Gasteiger partial charge on any atom is -0.463 e. The fourth-order valence-corrected chi connectivity index (χ4v) is 8.91. The summed E-state index contributed by atoms with van der Waals surface area (Å²) in [5, 5.41) is 9.45. The highest BCUT2D eigenvalue weighted by Crippen LogP contribution is 2.37. The van der Waals surface area contributed by atoms with E-state index >= 15 is 0 Å². The predicted octanol–water partition coefficient (Wildman–Crippen LogP) is 9.10. The number of ether oxygens (including phenoxy) is 1. The molecule has 10 heteroatoms. The number of hydrogen-bond donors (Lipinski definition) is 3. The maximum Gasteiger partial charge on any atom is 0.330 e. The molecule has 1 saturated carbocycles. The van der Waals surface area contributed by atoms with Crippen LogP contribution in [-0.4, -0.2) is 52.7 Å². The second-order valence-corrected chi connectivity index (χ2v) is 17.7. The van der Waals surface area contributed by atoms with Gasteiger partial charge in [0.05, 0.1) is 12.6 Å². The van der Waals surface area contributed by atoms with Gasteiger partial charge in [-0.3, -0.25) is 19.2 Å². The molecule has 4 aromatic rings. The Balaban J connectivity index is 1.39. The molecular formula is C50H59N3O6S. The van der Waals surface area contributed by atoms with Crippen LogP contribution in [0.2, 0.25) is 0 Å². The maximum absolute atomic E-state index is 14.4. The molecule has 0 saturated heterocycles. The van der Waals surface area contributed by atoms with Crippen LogP contribution in [0, 0.1) is 11.3 Å². The molecule has 3 amide bonds. The van der Waals surface area contributed by atoms with Gasteiger partial charge in [-0.05, 0) is 60.3 Å². The molecule has 1 aliphatic carbocycles. The highest BCUT2D eigenvalue weighted by atomic mass is 32.2. The van der Waals surface area contributed by atoms with Crippen molar-refractivity contribution in [3.05, 3.63) is 156 Å². The number of thioether (sulfide) groups is 1. The summed E-state index contributed by atoms with van der Waals surface area (Å²) in [5.74, 6) is -2.30. The average molecular weight is 830 g/mol. The Morgan fingerprint density at radius 1 is 0.750 bits per heavy atom. The highest BCUT2D eigenvalue weighted by molar-refractivity contribution is 8.14. The van der Waals surface area contributed by atoms with E-state index in [1.54, 1.807) is 13.0 Å². The summed E-state index contributed by atoms with van der Waals surface area (Å²) in [6, 6.07) is 37.3. The van der Waals surface area contributed by atoms with Gasteiger partial charge in [-0.25, -0.2) is 4.79 Å². The summed E-state index contributed by atoms with van der Waals surface area (Å²) in [6.07, 6.45) is 7.24. The number of benzene rings is 4. The largest absolute Gasteiger partial charge is 0.463 e. The van der Waals surface area contributed by atoms with Gasteiger partial charge >= 0.3 is 5.97 Å². The van der Waals surface area contributed by atoms with Crippen LogP contribution in [0.1, 0.15) is 94.9 Å². The van der Waals surface area contributed by atoms with E-state index in [1.165, 1.54) is 17.8 Å². The fraction of sp³-hybridized carbons (Fsp3) is 0.380. The van der Waals surface area contributed by atoms with Gasteiger partial charge in [0, 0.05) is 36.1 Å². The van der Waals surface area contributed by atoms with Crippen molar-refractivity contribution in [3.63, 3.8) is 0 Å². The van der Waals surface area contributed by atoms with Gasteiger partial charge in [0.15, 0.2) is 5.78 Å². The van der Waals surface area contributed by atoms with Crippen LogP contribution >= 0.6 is 11.8 Å². The molecule has 60 heavy (non-hydrogen) atoms. The number of carbonyl (C=O) groups is 5. The summed E-state index contributed by atoms with van der Waals surface area (Å²) < 4.78 is 5.15. The van der Waals surface area contributed by atoms with Gasteiger partial charge in [0.1, 0.15) is 5.54 Å². The van der Waals surface area contributed by atoms with Crippen molar-refractivity contribution in [1.82, 2.24) is 16.0 Å². The standard InChI is InChI=1S/C50H59N3O6S/c1-5-59-45(56)33-31-41(30-32-44(55)53-50(38-22-12-7-13-23-38,39-24-14-8-15-25-39)40-26-16-9-17-27-40)51-47(57)37(34-36-20-10-6-11-21-36)35-43(54)46(49(2,3)4)52-48(58)60-42-28-18-19-29-42/h6-17,20-27,31,33,37,41-42,46H,5,18-19,28-30,32,34-35H2,1-4H3,(H,51,57)(H,52,58)(H,53,55)/b33-31+/t37-,41+,46-/m1/s1. The monoisotopic (exact) mass is 829 g/mol. The number of nitrogens with one attached hydrogen (secondary N) is 3. The van der Waals surface area contributed by atoms with E-state index < -0.39 is 40.8 Å². The molecule has 0 aromatic heterocycles. The van der Waals surface area contributed by atoms with Gasteiger partial charge in [-0.2, -0.15) is 0 Å². The lowest BCUT2D eigenvalue weighted by atomic mass is 9.77. The van der Waals surface area contributed by atoms with Crippen LogP contribution in [0.25, 0.3) is 0 Å². The Bertz CT molecular complexity index is 1930. The first-order valence-electron chi connectivity index (χ1n) is 21.1. The molecule has 3 atom stereocenters. The molecule has 0 heterocycles. The lowest BCUT2D eigenvalue weighted by Gasteiger charge is -2.37. The van der Waals surface area contributed by atoms with Crippen LogP contribution in [0.3, 0.4) is 0 Å². The quantitative estimate of drug-likeness (QED) is 0.0489. The Morgan fingerprint density at radius 2 is 1.27 bits per heavy atom. The fourth-order valence-electron chi connectivity index (χ4n) is 7.85. The molecule has 0 aliphatic heterocycles. The van der Waals surface area contributed by atoms with E-state index in [1.807, 2.05) is 142 Å². The number of carbonyl (C=O) groups excluding carboxylic acids is 5. The number of Topliss-reactive ketones (excluding diaryl/α,β-unsaturated/α-hetero) is 1. The molecule has 0 spiro atoms. The Labute approximate surface area is 359 Å². The first-order chi connectivity index (χ1) is 28.9. The van der Waals surface area contributed by atoms with Gasteiger partial charge in [0.2, 0.25) is 11.8 Å². The van der Waals surface area contributed by atoms with E-state index in [4.69, 9.17) is 4.74 Å². The van der Waals surface area contributed by atoms with Crippen molar-refractivity contribution >= 4 is 40.6 Å². The number of hydrogen-bond acceptors (Lipinski definition) is 7. The summed E-state index contributed by atoms with van der Waals surface area (Å²) in [7, 11) is 0. The summed E-state index contributed by atoms with van der Waals surface area (Å²) >= 11 is 1.26. The minimum absolute atomic E-state index is 0.00850. The van der Waals surface area contributed by atoms with Crippen molar-refractivity contribution in [1.29, 1.82) is 0 Å². The van der Waals surface area contributed by atoms with E-state index in [-0.39, 0.29) is 54.5 Å². The third-order valence-electron chi connectivity index (χ3n) is 10.9. The zero-order chi connectivity index (χ0) is 43.0. The van der Waals surface area contributed by atoms with Crippen LogP contribution in [-0.2, 0) is 35.9 Å². The molecule has 0 unspecified atom stereocenters. The van der Waals surface area contributed by atoms with Crippen LogP contribution in [0.15, 0.2) is 133 Å². The second kappa shape index (κ2) is 22.2. The van der Waals surface area contributed by atoms with Crippen LogP contribution in [0.5, 0.6) is 0 Å². The zero-order valence-electron chi connectivity index (χ0n) is 35.2. The number of rotatable bonds is 19. The first kappa shape index (κ1) is 45.6. The SMILES string of the molecule is CCOC(=O)/C=C/[C@H](CCC(=O)NC(c1ccccc1)(c1ccccc1)c1ccccc1)NC(=O)[C@@H](CC(=O)[C@@H](NC(=O)SC1CCCC1)C(C)(C)C)Cc1ccccc1. The van der Waals surface area contributed by atoms with Crippen LogP contribution in [0.4, 0.5) is 4.79 Å². The Kier molecular flexibility index (Phi) is 16.9. The first-order valence-corrected chi connectivity index (χ1v) is 21.9. The maximum atomic E-state index is 14.4. The third-order valence-corrected chi connectivity index (χ3v) is 12.0. The van der Waals surface area contributed by atoms with Gasteiger partial charge in [-0.1, -0.05) is 173 Å². The zero-order valence-corrected chi connectivity index (χ0v) is 36.0. The van der Waals surface area contributed by atoms with E-state index in [0.29, 0.717) is 0 Å². The molecule has 3 N–H and O–H groups in total. The number of amides is 3. The van der Waals surface area contributed by atoms with E-state index in [9.17, 15) is 24.0 Å². The minimum atomic E-state index is -1.03. The smallest absolute Gasteiger partial charge is 0.330 e.